The molecule has 1 aromatic carbocycles. The highest BCUT2D eigenvalue weighted by atomic mass is 19.1. The molecule has 0 bridgehead atoms. The van der Waals surface area contributed by atoms with Crippen LogP contribution in [0.4, 0.5) is 14.5 Å². The predicted octanol–water partition coefficient (Wildman–Crippen LogP) is 3.86. The summed E-state index contributed by atoms with van der Waals surface area (Å²) in [5.41, 5.74) is 1.90. The fourth-order valence-corrected chi connectivity index (χ4v) is 2.84. The average molecular weight is 384 g/mol. The minimum absolute atomic E-state index is 0.0397. The highest BCUT2D eigenvalue weighted by molar-refractivity contribution is 6.03. The van der Waals surface area contributed by atoms with Gasteiger partial charge < -0.3 is 10.1 Å². The molecule has 0 radical (unpaired) electrons. The molecule has 6 nitrogen and oxygen atoms in total. The summed E-state index contributed by atoms with van der Waals surface area (Å²) < 4.78 is 34.7. The maximum Gasteiger partial charge on any atom is 0.276 e. The van der Waals surface area contributed by atoms with Crippen LogP contribution in [-0.2, 0) is 7.05 Å². The molecule has 1 aliphatic rings. The number of anilines is 1. The Morgan fingerprint density at radius 2 is 1.96 bits per heavy atom. The fraction of sp³-hybridized carbons (Fsp3) is 0.250. The number of nitrogens with zero attached hydrogens (tertiary/aromatic N) is 3. The number of benzene rings is 1. The standard InChI is InChI=1S/C20H18F2N4O2/c1-11-8-18(28-12-6-7-12)23-10-13(11)17-9-16(25-26(17)2)20(27)24-19-14(21)4-3-5-15(19)22/h3-5,8-10,12H,6-7H2,1-2H3,(H,24,27). The number of hydrogen-bond acceptors (Lipinski definition) is 4. The van der Waals surface area contributed by atoms with Gasteiger partial charge in [-0.25, -0.2) is 13.8 Å². The molecule has 2 aromatic heterocycles. The molecule has 0 atom stereocenters. The molecule has 1 amide bonds. The lowest BCUT2D eigenvalue weighted by Gasteiger charge is -2.08. The Hall–Kier alpha value is -3.29. The van der Waals surface area contributed by atoms with Gasteiger partial charge in [-0.15, -0.1) is 0 Å². The van der Waals surface area contributed by atoms with Crippen LogP contribution < -0.4 is 10.1 Å². The van der Waals surface area contributed by atoms with Crippen molar-refractivity contribution in [3.63, 3.8) is 0 Å². The summed E-state index contributed by atoms with van der Waals surface area (Å²) in [6.45, 7) is 1.91. The number of carbonyl (C=O) groups excluding carboxylic acids is 1. The second kappa shape index (κ2) is 7.03. The normalized spacial score (nSPS) is 13.4. The van der Waals surface area contributed by atoms with Crippen LogP contribution in [0.3, 0.4) is 0 Å². The fourth-order valence-electron chi connectivity index (χ4n) is 2.84. The third-order valence-electron chi connectivity index (χ3n) is 4.49. The van der Waals surface area contributed by atoms with Gasteiger partial charge in [-0.1, -0.05) is 6.07 Å². The van der Waals surface area contributed by atoms with E-state index in [0.29, 0.717) is 11.6 Å². The summed E-state index contributed by atoms with van der Waals surface area (Å²) in [5.74, 6) is -1.84. The molecule has 1 N–H and O–H groups in total. The number of hydrogen-bond donors (Lipinski definition) is 1. The predicted molar refractivity (Wildman–Crippen MR) is 99.1 cm³/mol. The molecule has 1 aliphatic carbocycles. The first-order valence-electron chi connectivity index (χ1n) is 8.85. The third-order valence-corrected chi connectivity index (χ3v) is 4.49. The Bertz CT molecular complexity index is 1040. The van der Waals surface area contributed by atoms with Crippen molar-refractivity contribution in [2.24, 2.45) is 7.05 Å². The van der Waals surface area contributed by atoms with E-state index in [9.17, 15) is 13.6 Å². The van der Waals surface area contributed by atoms with Crippen LogP contribution in [0.2, 0.25) is 0 Å². The largest absolute Gasteiger partial charge is 0.474 e. The number of para-hydroxylation sites is 1. The van der Waals surface area contributed by atoms with Crippen molar-refractivity contribution in [3.05, 3.63) is 59.4 Å². The Balaban J connectivity index is 1.59. The van der Waals surface area contributed by atoms with Gasteiger partial charge in [-0.05, 0) is 43.5 Å². The van der Waals surface area contributed by atoms with Gasteiger partial charge >= 0.3 is 0 Å². The first kappa shape index (κ1) is 18.1. The van der Waals surface area contributed by atoms with Crippen molar-refractivity contribution >= 4 is 11.6 Å². The highest BCUT2D eigenvalue weighted by Crippen LogP contribution is 2.29. The van der Waals surface area contributed by atoms with E-state index in [1.54, 1.807) is 19.3 Å². The molecule has 1 fully saturated rings. The number of pyridine rings is 1. The summed E-state index contributed by atoms with van der Waals surface area (Å²) in [6.07, 6.45) is 4.02. The monoisotopic (exact) mass is 384 g/mol. The first-order chi connectivity index (χ1) is 13.4. The van der Waals surface area contributed by atoms with Gasteiger partial charge in [0.15, 0.2) is 5.69 Å². The van der Waals surface area contributed by atoms with E-state index >= 15 is 0 Å². The number of aryl methyl sites for hydroxylation is 2. The Morgan fingerprint density at radius 3 is 2.61 bits per heavy atom. The van der Waals surface area contributed by atoms with Crippen LogP contribution in [0, 0.1) is 18.6 Å². The molecule has 0 saturated heterocycles. The number of carbonyl (C=O) groups is 1. The molecule has 144 valence electrons. The van der Waals surface area contributed by atoms with Crippen LogP contribution >= 0.6 is 0 Å². The topological polar surface area (TPSA) is 69.0 Å². The minimum atomic E-state index is -0.851. The van der Waals surface area contributed by atoms with E-state index in [0.717, 1.165) is 36.1 Å². The molecular weight excluding hydrogens is 366 g/mol. The number of aromatic nitrogens is 3. The lowest BCUT2D eigenvalue weighted by atomic mass is 10.1. The van der Waals surface area contributed by atoms with Crippen molar-refractivity contribution in [3.8, 4) is 17.1 Å². The van der Waals surface area contributed by atoms with E-state index in [4.69, 9.17) is 4.74 Å². The maximum absolute atomic E-state index is 13.8. The second-order valence-corrected chi connectivity index (χ2v) is 6.74. The Morgan fingerprint density at radius 1 is 1.25 bits per heavy atom. The van der Waals surface area contributed by atoms with Crippen LogP contribution in [0.1, 0.15) is 28.9 Å². The molecule has 8 heteroatoms. The molecule has 4 rings (SSSR count). The number of amides is 1. The first-order valence-corrected chi connectivity index (χ1v) is 8.85. The molecule has 2 heterocycles. The minimum Gasteiger partial charge on any atom is -0.474 e. The summed E-state index contributed by atoms with van der Waals surface area (Å²) in [6, 6.07) is 6.77. The maximum atomic E-state index is 13.8. The SMILES string of the molecule is Cc1cc(OC2CC2)ncc1-c1cc(C(=O)Nc2c(F)cccc2F)nn1C. The second-order valence-electron chi connectivity index (χ2n) is 6.74. The van der Waals surface area contributed by atoms with Crippen molar-refractivity contribution in [2.45, 2.75) is 25.9 Å². The molecular formula is C20H18F2N4O2. The van der Waals surface area contributed by atoms with Gasteiger partial charge in [0, 0.05) is 24.9 Å². The third kappa shape index (κ3) is 3.58. The molecule has 0 spiro atoms. The molecule has 0 unspecified atom stereocenters. The highest BCUT2D eigenvalue weighted by Gasteiger charge is 2.24. The van der Waals surface area contributed by atoms with Crippen LogP contribution in [-0.4, -0.2) is 26.8 Å². The smallest absolute Gasteiger partial charge is 0.276 e. The van der Waals surface area contributed by atoms with Crippen molar-refractivity contribution < 1.29 is 18.3 Å². The van der Waals surface area contributed by atoms with Crippen molar-refractivity contribution in [1.82, 2.24) is 14.8 Å². The number of halogens is 2. The number of ether oxygens (including phenoxy) is 1. The van der Waals surface area contributed by atoms with E-state index in [2.05, 4.69) is 15.4 Å². The van der Waals surface area contributed by atoms with Gasteiger partial charge in [0.05, 0.1) is 5.69 Å². The van der Waals surface area contributed by atoms with Gasteiger partial charge in [-0.2, -0.15) is 5.10 Å². The zero-order chi connectivity index (χ0) is 19.8. The molecule has 3 aromatic rings. The molecule has 1 saturated carbocycles. The summed E-state index contributed by atoms with van der Waals surface area (Å²) in [4.78, 5) is 16.7. The van der Waals surface area contributed by atoms with E-state index in [1.807, 2.05) is 13.0 Å². The lowest BCUT2D eigenvalue weighted by Crippen LogP contribution is -2.15. The van der Waals surface area contributed by atoms with Gasteiger partial charge in [-0.3, -0.25) is 9.48 Å². The van der Waals surface area contributed by atoms with E-state index in [1.165, 1.54) is 10.7 Å². The van der Waals surface area contributed by atoms with Gasteiger partial charge in [0.2, 0.25) is 5.88 Å². The van der Waals surface area contributed by atoms with Crippen molar-refractivity contribution in [2.75, 3.05) is 5.32 Å². The zero-order valence-corrected chi connectivity index (χ0v) is 15.4. The quantitative estimate of drug-likeness (QED) is 0.725. The molecule has 0 aliphatic heterocycles. The number of rotatable bonds is 5. The Kier molecular flexibility index (Phi) is 4.54. The van der Waals surface area contributed by atoms with Crippen LogP contribution in [0.15, 0.2) is 36.5 Å². The van der Waals surface area contributed by atoms with Crippen molar-refractivity contribution in [1.29, 1.82) is 0 Å². The zero-order valence-electron chi connectivity index (χ0n) is 15.4. The van der Waals surface area contributed by atoms with E-state index in [-0.39, 0.29) is 11.8 Å². The van der Waals surface area contributed by atoms with Crippen LogP contribution in [0.25, 0.3) is 11.3 Å². The average Bonchev–Trinajstić information content (AvgIpc) is 3.38. The Labute approximate surface area is 160 Å². The molecule has 28 heavy (non-hydrogen) atoms. The van der Waals surface area contributed by atoms with E-state index < -0.39 is 23.2 Å². The number of nitrogens with one attached hydrogen (secondary N) is 1. The van der Waals surface area contributed by atoms with Gasteiger partial charge in [0.1, 0.15) is 23.4 Å². The van der Waals surface area contributed by atoms with Crippen LogP contribution in [0.5, 0.6) is 5.88 Å². The summed E-state index contributed by atoms with van der Waals surface area (Å²) >= 11 is 0. The summed E-state index contributed by atoms with van der Waals surface area (Å²) in [5, 5.41) is 6.40. The van der Waals surface area contributed by atoms with Gasteiger partial charge in [0.25, 0.3) is 5.91 Å². The summed E-state index contributed by atoms with van der Waals surface area (Å²) in [7, 11) is 1.68. The lowest BCUT2D eigenvalue weighted by molar-refractivity contribution is 0.102.